The lowest BCUT2D eigenvalue weighted by molar-refractivity contribution is 0.601. The third-order valence-electron chi connectivity index (χ3n) is 4.51. The maximum absolute atomic E-state index is 12.1. The summed E-state index contributed by atoms with van der Waals surface area (Å²) < 4.78 is 25.3. The van der Waals surface area contributed by atoms with E-state index in [2.05, 4.69) is 28.1 Å². The molecule has 1 fully saturated rings. The summed E-state index contributed by atoms with van der Waals surface area (Å²) in [6.45, 7) is 0. The van der Waals surface area contributed by atoms with E-state index in [0.717, 1.165) is 21.1 Å². The fraction of sp³-hybridized carbons (Fsp3) is 0.278. The van der Waals surface area contributed by atoms with Crippen molar-refractivity contribution in [3.8, 4) is 0 Å². The molecular weight excluding hydrogens is 491 g/mol. The number of halogens is 3. The van der Waals surface area contributed by atoms with E-state index in [0.29, 0.717) is 10.0 Å². The average molecular weight is 506 g/mol. The Hall–Kier alpha value is -0.730. The zero-order valence-electron chi connectivity index (χ0n) is 14.0. The summed E-state index contributed by atoms with van der Waals surface area (Å²) in [5.74, 6) is 0.918. The van der Waals surface area contributed by atoms with Crippen LogP contribution in [0.4, 0.5) is 5.69 Å². The lowest BCUT2D eigenvalue weighted by Gasteiger charge is -2.27. The number of aliphatic imine (C=N–C) groups is 1. The van der Waals surface area contributed by atoms with Crippen LogP contribution >= 0.6 is 50.9 Å². The SMILES string of the molecule is O=S1(=O)C[C@@H]2N=C(SCc3ccc(Br)cc3)N(c3cc(Cl)cc(Cl)c3)[C@H]2C1. The molecule has 27 heavy (non-hydrogen) atoms. The Labute approximate surface area is 181 Å². The zero-order valence-corrected chi connectivity index (χ0v) is 18.7. The molecule has 0 N–H and O–H groups in total. The van der Waals surface area contributed by atoms with Gasteiger partial charge in [0.2, 0.25) is 0 Å². The lowest BCUT2D eigenvalue weighted by atomic mass is 10.1. The molecule has 142 valence electrons. The van der Waals surface area contributed by atoms with Crippen molar-refractivity contribution in [2.75, 3.05) is 16.4 Å². The summed E-state index contributed by atoms with van der Waals surface area (Å²) in [5, 5.41) is 1.83. The quantitative estimate of drug-likeness (QED) is 0.586. The first-order valence-electron chi connectivity index (χ1n) is 8.21. The van der Waals surface area contributed by atoms with Gasteiger partial charge in [0.25, 0.3) is 0 Å². The molecule has 2 heterocycles. The number of anilines is 1. The van der Waals surface area contributed by atoms with Crippen LogP contribution in [0.25, 0.3) is 0 Å². The molecule has 0 spiro atoms. The number of thioether (sulfide) groups is 1. The minimum absolute atomic E-state index is 0.0881. The summed E-state index contributed by atoms with van der Waals surface area (Å²) in [6, 6.07) is 12.9. The lowest BCUT2D eigenvalue weighted by Crippen LogP contribution is -2.39. The number of fused-ring (bicyclic) bond motifs is 1. The summed E-state index contributed by atoms with van der Waals surface area (Å²) in [5.41, 5.74) is 1.94. The predicted octanol–water partition coefficient (Wildman–Crippen LogP) is 5.03. The number of hydrogen-bond donors (Lipinski definition) is 0. The Balaban J connectivity index is 1.64. The maximum atomic E-state index is 12.1. The highest BCUT2D eigenvalue weighted by atomic mass is 79.9. The topological polar surface area (TPSA) is 49.7 Å². The van der Waals surface area contributed by atoms with Crippen LogP contribution in [0.1, 0.15) is 5.56 Å². The molecule has 0 amide bonds. The van der Waals surface area contributed by atoms with Gasteiger partial charge in [0, 0.05) is 26.0 Å². The fourth-order valence-electron chi connectivity index (χ4n) is 3.34. The van der Waals surface area contributed by atoms with Crippen LogP contribution in [-0.2, 0) is 15.6 Å². The third kappa shape index (κ3) is 4.32. The van der Waals surface area contributed by atoms with Gasteiger partial charge in [0.05, 0.1) is 23.6 Å². The molecule has 0 unspecified atom stereocenters. The molecule has 0 aliphatic carbocycles. The van der Waals surface area contributed by atoms with E-state index in [1.54, 1.807) is 30.0 Å². The minimum atomic E-state index is -3.09. The van der Waals surface area contributed by atoms with Gasteiger partial charge in [-0.25, -0.2) is 8.42 Å². The van der Waals surface area contributed by atoms with Gasteiger partial charge in [-0.3, -0.25) is 4.99 Å². The highest BCUT2D eigenvalue weighted by Gasteiger charge is 2.47. The molecule has 4 rings (SSSR count). The summed E-state index contributed by atoms with van der Waals surface area (Å²) in [6.07, 6.45) is 0. The van der Waals surface area contributed by atoms with E-state index >= 15 is 0 Å². The van der Waals surface area contributed by atoms with E-state index in [1.807, 2.05) is 17.0 Å². The van der Waals surface area contributed by atoms with Crippen LogP contribution in [0.2, 0.25) is 10.0 Å². The monoisotopic (exact) mass is 504 g/mol. The molecule has 4 nitrogen and oxygen atoms in total. The van der Waals surface area contributed by atoms with Gasteiger partial charge < -0.3 is 4.90 Å². The van der Waals surface area contributed by atoms with Crippen molar-refractivity contribution in [1.82, 2.24) is 0 Å². The number of nitrogens with zero attached hydrogens (tertiary/aromatic N) is 2. The summed E-state index contributed by atoms with van der Waals surface area (Å²) >= 11 is 17.4. The molecule has 9 heteroatoms. The first kappa shape index (κ1) is 19.6. The molecule has 2 aromatic rings. The van der Waals surface area contributed by atoms with Crippen LogP contribution in [0.5, 0.6) is 0 Å². The summed E-state index contributed by atoms with van der Waals surface area (Å²) in [4.78, 5) is 6.71. The molecule has 0 aromatic heterocycles. The van der Waals surface area contributed by atoms with Crippen LogP contribution in [0.3, 0.4) is 0 Å². The second kappa shape index (κ2) is 7.59. The van der Waals surface area contributed by atoms with Crippen molar-refractivity contribution in [3.63, 3.8) is 0 Å². The van der Waals surface area contributed by atoms with Crippen molar-refractivity contribution in [3.05, 3.63) is 62.5 Å². The Bertz CT molecular complexity index is 992. The number of sulfone groups is 1. The standard InChI is InChI=1S/C18H15BrCl2N2O2S2/c19-12-3-1-11(2-4-12)8-26-18-22-16-9-27(24,25)10-17(16)23(18)15-6-13(20)5-14(21)7-15/h1-7,16-17H,8-10H2/t16-,17-/m0/s1. The van der Waals surface area contributed by atoms with E-state index in [-0.39, 0.29) is 23.6 Å². The van der Waals surface area contributed by atoms with E-state index in [9.17, 15) is 8.42 Å². The van der Waals surface area contributed by atoms with Gasteiger partial charge in [-0.2, -0.15) is 0 Å². The van der Waals surface area contributed by atoms with Crippen LogP contribution in [-0.4, -0.2) is 37.2 Å². The molecule has 2 aromatic carbocycles. The van der Waals surface area contributed by atoms with Gasteiger partial charge in [0.15, 0.2) is 15.0 Å². The van der Waals surface area contributed by atoms with Crippen molar-refractivity contribution in [2.24, 2.45) is 4.99 Å². The maximum Gasteiger partial charge on any atom is 0.164 e. The van der Waals surface area contributed by atoms with Crippen molar-refractivity contribution in [2.45, 2.75) is 17.8 Å². The highest BCUT2D eigenvalue weighted by Crippen LogP contribution is 2.38. The Morgan fingerprint density at radius 1 is 1.11 bits per heavy atom. The molecule has 2 atom stereocenters. The normalized spacial score (nSPS) is 23.4. The van der Waals surface area contributed by atoms with Crippen molar-refractivity contribution in [1.29, 1.82) is 0 Å². The summed E-state index contributed by atoms with van der Waals surface area (Å²) in [7, 11) is -3.09. The first-order chi connectivity index (χ1) is 12.8. The number of benzene rings is 2. The van der Waals surface area contributed by atoms with Crippen molar-refractivity contribution < 1.29 is 8.42 Å². The van der Waals surface area contributed by atoms with Gasteiger partial charge in [0.1, 0.15) is 0 Å². The largest absolute Gasteiger partial charge is 0.315 e. The van der Waals surface area contributed by atoms with E-state index in [1.165, 1.54) is 5.56 Å². The minimum Gasteiger partial charge on any atom is -0.315 e. The van der Waals surface area contributed by atoms with E-state index < -0.39 is 9.84 Å². The number of amidine groups is 1. The smallest absolute Gasteiger partial charge is 0.164 e. The molecule has 2 aliphatic heterocycles. The van der Waals surface area contributed by atoms with Crippen LogP contribution in [0, 0.1) is 0 Å². The number of rotatable bonds is 3. The van der Waals surface area contributed by atoms with Gasteiger partial charge in [-0.1, -0.05) is 63.0 Å². The molecule has 1 saturated heterocycles. The zero-order chi connectivity index (χ0) is 19.2. The second-order valence-corrected chi connectivity index (χ2v) is 11.4. The molecule has 0 saturated carbocycles. The van der Waals surface area contributed by atoms with Gasteiger partial charge >= 0.3 is 0 Å². The second-order valence-electron chi connectivity index (χ2n) is 6.54. The molecule has 0 bridgehead atoms. The molecule has 0 radical (unpaired) electrons. The fourth-order valence-corrected chi connectivity index (χ4v) is 7.04. The molecular formula is C18H15BrCl2N2O2S2. The average Bonchev–Trinajstić information content (AvgIpc) is 3.04. The Kier molecular flexibility index (Phi) is 5.51. The van der Waals surface area contributed by atoms with Crippen molar-refractivity contribution >= 4 is 71.6 Å². The first-order valence-corrected chi connectivity index (χ1v) is 12.6. The molecule has 2 aliphatic rings. The van der Waals surface area contributed by atoms with Crippen LogP contribution in [0.15, 0.2) is 51.9 Å². The predicted molar refractivity (Wildman–Crippen MR) is 118 cm³/mol. The van der Waals surface area contributed by atoms with Crippen LogP contribution < -0.4 is 4.90 Å². The number of hydrogen-bond acceptors (Lipinski definition) is 5. The van der Waals surface area contributed by atoms with Gasteiger partial charge in [-0.05, 0) is 35.9 Å². The third-order valence-corrected chi connectivity index (χ3v) is 8.22. The van der Waals surface area contributed by atoms with E-state index in [4.69, 9.17) is 28.2 Å². The van der Waals surface area contributed by atoms with Gasteiger partial charge in [-0.15, -0.1) is 0 Å². The Morgan fingerprint density at radius 3 is 2.44 bits per heavy atom. The highest BCUT2D eigenvalue weighted by molar-refractivity contribution is 9.10. The Morgan fingerprint density at radius 2 is 1.78 bits per heavy atom.